The van der Waals surface area contributed by atoms with Crippen molar-refractivity contribution in [1.29, 1.82) is 0 Å². The monoisotopic (exact) mass is 339 g/mol. The van der Waals surface area contributed by atoms with E-state index in [1.54, 1.807) is 0 Å². The highest BCUT2D eigenvalue weighted by atomic mass is 35.5. The summed E-state index contributed by atoms with van der Waals surface area (Å²) >= 11 is 5.91. The number of aryl methyl sites for hydroxylation is 1. The Balaban J connectivity index is 2.17. The Morgan fingerprint density at radius 2 is 1.82 bits per heavy atom. The Morgan fingerprint density at radius 3 is 2.41 bits per heavy atom. The van der Waals surface area contributed by atoms with E-state index >= 15 is 0 Å². The molecule has 116 valence electrons. The highest BCUT2D eigenvalue weighted by Crippen LogP contribution is 2.21. The molecule has 0 spiro atoms. The zero-order valence-electron chi connectivity index (χ0n) is 11.7. The van der Waals surface area contributed by atoms with E-state index in [1.165, 1.54) is 12.1 Å². The minimum atomic E-state index is -3.91. The SMILES string of the molecule is Cc1ccc(COC(=O)c2cc(S(N)(=O)=O)ccc2Cl)cc1. The number of carbonyl (C=O) groups excluding carboxylic acids is 1. The normalized spacial score (nSPS) is 11.2. The fourth-order valence-corrected chi connectivity index (χ4v) is 2.48. The molecule has 0 fully saturated rings. The van der Waals surface area contributed by atoms with Crippen LogP contribution in [0.2, 0.25) is 5.02 Å². The first-order chi connectivity index (χ1) is 10.3. The van der Waals surface area contributed by atoms with Gasteiger partial charge in [-0.2, -0.15) is 0 Å². The molecule has 0 atom stereocenters. The van der Waals surface area contributed by atoms with Crippen LogP contribution in [0.4, 0.5) is 0 Å². The summed E-state index contributed by atoms with van der Waals surface area (Å²) in [5.74, 6) is -0.712. The van der Waals surface area contributed by atoms with E-state index in [9.17, 15) is 13.2 Å². The van der Waals surface area contributed by atoms with Crippen LogP contribution in [0.5, 0.6) is 0 Å². The minimum Gasteiger partial charge on any atom is -0.457 e. The van der Waals surface area contributed by atoms with E-state index in [1.807, 2.05) is 31.2 Å². The van der Waals surface area contributed by atoms with E-state index in [0.717, 1.165) is 17.2 Å². The van der Waals surface area contributed by atoms with Crippen LogP contribution in [-0.2, 0) is 21.4 Å². The molecule has 5 nitrogen and oxygen atoms in total. The van der Waals surface area contributed by atoms with Crippen LogP contribution in [0.25, 0.3) is 0 Å². The lowest BCUT2D eigenvalue weighted by Crippen LogP contribution is -2.14. The van der Waals surface area contributed by atoms with Crippen molar-refractivity contribution in [2.24, 2.45) is 5.14 Å². The summed E-state index contributed by atoms with van der Waals surface area (Å²) in [6, 6.07) is 11.1. The van der Waals surface area contributed by atoms with E-state index in [-0.39, 0.29) is 22.1 Å². The molecule has 0 saturated heterocycles. The molecule has 2 aromatic carbocycles. The van der Waals surface area contributed by atoms with Gasteiger partial charge in [0.25, 0.3) is 0 Å². The van der Waals surface area contributed by atoms with Crippen molar-refractivity contribution in [2.75, 3.05) is 0 Å². The molecule has 0 saturated carbocycles. The fraction of sp³-hybridized carbons (Fsp3) is 0.133. The first-order valence-electron chi connectivity index (χ1n) is 6.32. The van der Waals surface area contributed by atoms with Crippen molar-refractivity contribution < 1.29 is 17.9 Å². The number of primary sulfonamides is 1. The number of hydrogen-bond donors (Lipinski definition) is 1. The molecule has 7 heteroatoms. The lowest BCUT2D eigenvalue weighted by atomic mass is 10.2. The van der Waals surface area contributed by atoms with Gasteiger partial charge in [0.1, 0.15) is 6.61 Å². The number of benzene rings is 2. The maximum Gasteiger partial charge on any atom is 0.340 e. The number of ether oxygens (including phenoxy) is 1. The number of sulfonamides is 1. The first kappa shape index (κ1) is 16.5. The Kier molecular flexibility index (Phi) is 4.85. The molecule has 22 heavy (non-hydrogen) atoms. The number of nitrogens with two attached hydrogens (primary N) is 1. The Bertz CT molecular complexity index is 801. The lowest BCUT2D eigenvalue weighted by Gasteiger charge is -2.08. The van der Waals surface area contributed by atoms with Crippen LogP contribution in [0.1, 0.15) is 21.5 Å². The number of carbonyl (C=O) groups is 1. The molecule has 0 aliphatic heterocycles. The molecule has 0 aliphatic rings. The van der Waals surface area contributed by atoms with E-state index < -0.39 is 16.0 Å². The summed E-state index contributed by atoms with van der Waals surface area (Å²) in [4.78, 5) is 11.8. The summed E-state index contributed by atoms with van der Waals surface area (Å²) in [5, 5.41) is 5.13. The van der Waals surface area contributed by atoms with Crippen LogP contribution in [0.3, 0.4) is 0 Å². The van der Waals surface area contributed by atoms with Gasteiger partial charge in [0, 0.05) is 0 Å². The van der Waals surface area contributed by atoms with Crippen LogP contribution in [-0.4, -0.2) is 14.4 Å². The first-order valence-corrected chi connectivity index (χ1v) is 8.25. The second-order valence-corrected chi connectivity index (χ2v) is 6.72. The van der Waals surface area contributed by atoms with Crippen LogP contribution in [0.15, 0.2) is 47.4 Å². The smallest absolute Gasteiger partial charge is 0.340 e. The van der Waals surface area contributed by atoms with Gasteiger partial charge in [-0.3, -0.25) is 0 Å². The second kappa shape index (κ2) is 6.48. The zero-order valence-corrected chi connectivity index (χ0v) is 13.3. The summed E-state index contributed by atoms with van der Waals surface area (Å²) in [7, 11) is -3.91. The highest BCUT2D eigenvalue weighted by molar-refractivity contribution is 7.89. The Labute approximate surface area is 133 Å². The lowest BCUT2D eigenvalue weighted by molar-refractivity contribution is 0.0472. The molecule has 0 radical (unpaired) electrons. The molecule has 0 amide bonds. The number of halogens is 1. The molecule has 0 aromatic heterocycles. The molecule has 0 bridgehead atoms. The second-order valence-electron chi connectivity index (χ2n) is 4.75. The van der Waals surface area contributed by atoms with Gasteiger partial charge in [0.15, 0.2) is 0 Å². The van der Waals surface area contributed by atoms with Crippen molar-refractivity contribution in [3.63, 3.8) is 0 Å². The third-order valence-electron chi connectivity index (χ3n) is 2.98. The maximum absolute atomic E-state index is 12.0. The van der Waals surface area contributed by atoms with Gasteiger partial charge < -0.3 is 4.74 Å². The van der Waals surface area contributed by atoms with Crippen molar-refractivity contribution in [1.82, 2.24) is 0 Å². The number of hydrogen-bond acceptors (Lipinski definition) is 4. The molecule has 0 aliphatic carbocycles. The van der Waals surface area contributed by atoms with Crippen LogP contribution >= 0.6 is 11.6 Å². The van der Waals surface area contributed by atoms with Gasteiger partial charge in [-0.25, -0.2) is 18.4 Å². The summed E-state index contributed by atoms with van der Waals surface area (Å²) in [5.41, 5.74) is 1.87. The van der Waals surface area contributed by atoms with Crippen LogP contribution < -0.4 is 5.14 Å². The Hall–Kier alpha value is -1.89. The van der Waals surface area contributed by atoms with Gasteiger partial charge in [-0.05, 0) is 30.7 Å². The van der Waals surface area contributed by atoms with Crippen molar-refractivity contribution in [2.45, 2.75) is 18.4 Å². The van der Waals surface area contributed by atoms with E-state index in [2.05, 4.69) is 0 Å². The van der Waals surface area contributed by atoms with Crippen molar-refractivity contribution in [3.05, 3.63) is 64.2 Å². The molecular formula is C15H14ClNO4S. The van der Waals surface area contributed by atoms with Crippen molar-refractivity contribution >= 4 is 27.6 Å². The minimum absolute atomic E-state index is 0.0414. The van der Waals surface area contributed by atoms with Crippen molar-refractivity contribution in [3.8, 4) is 0 Å². The standard InChI is InChI=1S/C15H14ClNO4S/c1-10-2-4-11(5-3-10)9-21-15(18)13-8-12(22(17,19)20)6-7-14(13)16/h2-8H,9H2,1H3,(H2,17,19,20). The van der Waals surface area contributed by atoms with Gasteiger partial charge in [0.05, 0.1) is 15.5 Å². The largest absolute Gasteiger partial charge is 0.457 e. The van der Waals surface area contributed by atoms with Crippen LogP contribution in [0, 0.1) is 6.92 Å². The van der Waals surface area contributed by atoms with E-state index in [0.29, 0.717) is 0 Å². The zero-order chi connectivity index (χ0) is 16.3. The van der Waals surface area contributed by atoms with Gasteiger partial charge in [-0.15, -0.1) is 0 Å². The quantitative estimate of drug-likeness (QED) is 0.867. The van der Waals surface area contributed by atoms with E-state index in [4.69, 9.17) is 21.5 Å². The maximum atomic E-state index is 12.0. The third kappa shape index (κ3) is 4.07. The summed E-state index contributed by atoms with van der Waals surface area (Å²) in [6.07, 6.45) is 0. The molecular weight excluding hydrogens is 326 g/mol. The third-order valence-corrected chi connectivity index (χ3v) is 4.22. The summed E-state index contributed by atoms with van der Waals surface area (Å²) in [6.45, 7) is 2.02. The molecule has 0 unspecified atom stereocenters. The molecule has 2 N–H and O–H groups in total. The average Bonchev–Trinajstić information content (AvgIpc) is 2.45. The van der Waals surface area contributed by atoms with Gasteiger partial charge >= 0.3 is 5.97 Å². The summed E-state index contributed by atoms with van der Waals surface area (Å²) < 4.78 is 27.8. The molecule has 2 aromatic rings. The predicted molar refractivity (Wildman–Crippen MR) is 83.1 cm³/mol. The fourth-order valence-electron chi connectivity index (χ4n) is 1.75. The Morgan fingerprint density at radius 1 is 1.18 bits per heavy atom. The topological polar surface area (TPSA) is 86.5 Å². The number of rotatable bonds is 4. The number of esters is 1. The molecule has 2 rings (SSSR count). The highest BCUT2D eigenvalue weighted by Gasteiger charge is 2.17. The predicted octanol–water partition coefficient (Wildman–Crippen LogP) is 2.65. The van der Waals surface area contributed by atoms with Gasteiger partial charge in [-0.1, -0.05) is 41.4 Å². The average molecular weight is 340 g/mol. The van der Waals surface area contributed by atoms with Gasteiger partial charge in [0.2, 0.25) is 10.0 Å². The molecule has 0 heterocycles.